The van der Waals surface area contributed by atoms with Gasteiger partial charge >= 0.3 is 0 Å². The Kier molecular flexibility index (Phi) is 3.12. The molecule has 2 aromatic rings. The maximum Gasteiger partial charge on any atom is 0.185 e. The van der Waals surface area contributed by atoms with E-state index in [4.69, 9.17) is 10.5 Å². The van der Waals surface area contributed by atoms with Crippen molar-refractivity contribution in [2.75, 3.05) is 12.3 Å². The van der Waals surface area contributed by atoms with E-state index in [9.17, 15) is 8.78 Å². The van der Waals surface area contributed by atoms with Crippen molar-refractivity contribution in [2.24, 2.45) is 0 Å². The smallest absolute Gasteiger partial charge is 0.185 e. The lowest BCUT2D eigenvalue weighted by Crippen LogP contribution is -2.38. The topological polar surface area (TPSA) is 78.8 Å². The van der Waals surface area contributed by atoms with Gasteiger partial charge in [0.1, 0.15) is 11.6 Å². The molecule has 1 saturated heterocycles. The number of halogens is 2. The van der Waals surface area contributed by atoms with Gasteiger partial charge in [0.2, 0.25) is 0 Å². The Balaban J connectivity index is 2.14. The zero-order chi connectivity index (χ0) is 15.2. The third-order valence-electron chi connectivity index (χ3n) is 4.13. The fraction of sp³-hybridized carbons (Fsp3) is 0.462. The highest BCUT2D eigenvalue weighted by Crippen LogP contribution is 2.36. The molecule has 0 saturated carbocycles. The number of nitrogen functional groups attached to an aromatic ring is 1. The van der Waals surface area contributed by atoms with E-state index >= 15 is 0 Å². The van der Waals surface area contributed by atoms with E-state index in [-0.39, 0.29) is 23.2 Å². The summed E-state index contributed by atoms with van der Waals surface area (Å²) < 4.78 is 34.4. The van der Waals surface area contributed by atoms with Crippen LogP contribution in [0.3, 0.4) is 0 Å². The largest absolute Gasteiger partial charge is 0.396 e. The highest BCUT2D eigenvalue weighted by Gasteiger charge is 2.42. The molecule has 2 unspecified atom stereocenters. The number of nitrogens with two attached hydrogens (primary N) is 1. The van der Waals surface area contributed by atoms with Crippen molar-refractivity contribution in [2.45, 2.75) is 31.9 Å². The van der Waals surface area contributed by atoms with Crippen LogP contribution in [-0.2, 0) is 10.3 Å². The van der Waals surface area contributed by atoms with E-state index in [0.29, 0.717) is 13.0 Å². The highest BCUT2D eigenvalue weighted by atomic mass is 19.1. The number of ether oxygens (including phenoxy) is 1. The van der Waals surface area contributed by atoms with E-state index in [0.717, 1.165) is 6.07 Å². The predicted molar refractivity (Wildman–Crippen MR) is 71.3 cm³/mol. The van der Waals surface area contributed by atoms with Crippen LogP contribution >= 0.6 is 0 Å². The molecule has 1 aliphatic heterocycles. The van der Waals surface area contributed by atoms with Crippen LogP contribution in [0, 0.1) is 11.6 Å². The fourth-order valence-corrected chi connectivity index (χ4v) is 2.54. The molecule has 1 aliphatic rings. The van der Waals surface area contributed by atoms with Crippen LogP contribution in [0.1, 0.15) is 20.3 Å². The van der Waals surface area contributed by atoms with E-state index < -0.39 is 17.2 Å². The zero-order valence-corrected chi connectivity index (χ0v) is 11.7. The van der Waals surface area contributed by atoms with Crippen molar-refractivity contribution in [1.82, 2.24) is 20.2 Å². The Bertz CT molecular complexity index is 689. The maximum atomic E-state index is 14.0. The number of tetrazole rings is 1. The Labute approximate surface area is 119 Å². The number of nitrogens with zero attached hydrogens (tertiary/aromatic N) is 4. The van der Waals surface area contributed by atoms with Crippen LogP contribution in [0.25, 0.3) is 11.4 Å². The van der Waals surface area contributed by atoms with E-state index in [2.05, 4.69) is 15.5 Å². The van der Waals surface area contributed by atoms with Gasteiger partial charge in [-0.25, -0.2) is 13.5 Å². The molecule has 8 heteroatoms. The zero-order valence-electron chi connectivity index (χ0n) is 11.7. The van der Waals surface area contributed by atoms with Crippen LogP contribution in [0.4, 0.5) is 14.5 Å². The molecular weight excluding hydrogens is 280 g/mol. The molecule has 1 fully saturated rings. The molecule has 3 rings (SSSR count). The van der Waals surface area contributed by atoms with Gasteiger partial charge in [0.15, 0.2) is 5.82 Å². The first-order valence-corrected chi connectivity index (χ1v) is 6.59. The molecule has 2 atom stereocenters. The number of hydrogen-bond acceptors (Lipinski definition) is 5. The summed E-state index contributed by atoms with van der Waals surface area (Å²) in [6.45, 7) is 4.42. The average molecular weight is 295 g/mol. The van der Waals surface area contributed by atoms with Crippen molar-refractivity contribution in [3.63, 3.8) is 0 Å². The van der Waals surface area contributed by atoms with E-state index in [1.54, 1.807) is 0 Å². The van der Waals surface area contributed by atoms with Crippen molar-refractivity contribution < 1.29 is 13.5 Å². The van der Waals surface area contributed by atoms with Gasteiger partial charge < -0.3 is 10.5 Å². The van der Waals surface area contributed by atoms with Crippen LogP contribution in [0.2, 0.25) is 0 Å². The second kappa shape index (κ2) is 4.73. The summed E-state index contributed by atoms with van der Waals surface area (Å²) in [6.07, 6.45) is 0.574. The third kappa shape index (κ3) is 2.06. The molecule has 1 aromatic carbocycles. The lowest BCUT2D eigenvalue weighted by molar-refractivity contribution is 0.0706. The molecule has 0 bridgehead atoms. The Morgan fingerprint density at radius 1 is 1.38 bits per heavy atom. The lowest BCUT2D eigenvalue weighted by Gasteiger charge is -2.28. The highest BCUT2D eigenvalue weighted by molar-refractivity contribution is 5.62. The summed E-state index contributed by atoms with van der Waals surface area (Å²) in [5, 5.41) is 11.5. The number of aromatic nitrogens is 4. The molecule has 0 amide bonds. The van der Waals surface area contributed by atoms with Gasteiger partial charge in [-0.1, -0.05) is 0 Å². The predicted octanol–water partition coefficient (Wildman–Crippen LogP) is 1.72. The van der Waals surface area contributed by atoms with Crippen LogP contribution in [0.15, 0.2) is 12.1 Å². The molecule has 6 nitrogen and oxygen atoms in total. The number of benzene rings is 1. The van der Waals surface area contributed by atoms with Gasteiger partial charge in [-0.05, 0) is 36.8 Å². The standard InChI is InChI=1S/C13H15F2N5O/c1-7-13(2,3-4-21-7)20-12(17-18-19-20)8-5-11(16)10(15)6-9(8)14/h5-7H,3-4,16H2,1-2H3. The van der Waals surface area contributed by atoms with Crippen LogP contribution in [-0.4, -0.2) is 32.9 Å². The minimum Gasteiger partial charge on any atom is -0.396 e. The SMILES string of the molecule is CC1OCCC1(C)n1nnnc1-c1cc(N)c(F)cc1F. The van der Waals surface area contributed by atoms with E-state index in [1.165, 1.54) is 10.7 Å². The summed E-state index contributed by atoms with van der Waals surface area (Å²) in [5.74, 6) is -1.36. The van der Waals surface area contributed by atoms with Gasteiger partial charge in [0.25, 0.3) is 0 Å². The second-order valence-corrected chi connectivity index (χ2v) is 5.39. The van der Waals surface area contributed by atoms with Crippen molar-refractivity contribution in [3.05, 3.63) is 23.8 Å². The molecule has 0 spiro atoms. The summed E-state index contributed by atoms with van der Waals surface area (Å²) in [4.78, 5) is 0. The van der Waals surface area contributed by atoms with Crippen LogP contribution in [0.5, 0.6) is 0 Å². The summed E-state index contributed by atoms with van der Waals surface area (Å²) >= 11 is 0. The Morgan fingerprint density at radius 3 is 2.81 bits per heavy atom. The molecule has 112 valence electrons. The minimum absolute atomic E-state index is 0.0687. The molecular formula is C13H15F2N5O. The van der Waals surface area contributed by atoms with Crippen molar-refractivity contribution in [3.8, 4) is 11.4 Å². The average Bonchev–Trinajstić information content (AvgIpc) is 3.03. The first-order valence-electron chi connectivity index (χ1n) is 6.59. The van der Waals surface area contributed by atoms with Gasteiger partial charge in [-0.2, -0.15) is 0 Å². The van der Waals surface area contributed by atoms with Gasteiger partial charge in [0.05, 0.1) is 22.9 Å². The van der Waals surface area contributed by atoms with Gasteiger partial charge in [-0.3, -0.25) is 0 Å². The molecule has 2 heterocycles. The van der Waals surface area contributed by atoms with Crippen LogP contribution < -0.4 is 5.73 Å². The quantitative estimate of drug-likeness (QED) is 0.853. The first-order chi connectivity index (χ1) is 9.93. The minimum atomic E-state index is -0.806. The molecule has 2 N–H and O–H groups in total. The Morgan fingerprint density at radius 2 is 2.14 bits per heavy atom. The van der Waals surface area contributed by atoms with Crippen molar-refractivity contribution in [1.29, 1.82) is 0 Å². The van der Waals surface area contributed by atoms with Crippen molar-refractivity contribution >= 4 is 5.69 Å². The first kappa shape index (κ1) is 13.9. The molecule has 1 aromatic heterocycles. The molecule has 21 heavy (non-hydrogen) atoms. The normalized spacial score (nSPS) is 25.4. The molecule has 0 radical (unpaired) electrons. The monoisotopic (exact) mass is 295 g/mol. The Hall–Kier alpha value is -2.09. The summed E-state index contributed by atoms with van der Waals surface area (Å²) in [5.41, 5.74) is 4.94. The number of anilines is 1. The fourth-order valence-electron chi connectivity index (χ4n) is 2.54. The summed E-state index contributed by atoms with van der Waals surface area (Å²) in [6, 6.07) is 1.94. The van der Waals surface area contributed by atoms with E-state index in [1.807, 2.05) is 13.8 Å². The van der Waals surface area contributed by atoms with Gasteiger partial charge in [-0.15, -0.1) is 5.10 Å². The third-order valence-corrected chi connectivity index (χ3v) is 4.13. The lowest BCUT2D eigenvalue weighted by atomic mass is 9.94. The van der Waals surface area contributed by atoms with Gasteiger partial charge in [0, 0.05) is 12.7 Å². The second-order valence-electron chi connectivity index (χ2n) is 5.39. The molecule has 0 aliphatic carbocycles. The number of hydrogen-bond donors (Lipinski definition) is 1. The maximum absolute atomic E-state index is 14.0. The summed E-state index contributed by atoms with van der Waals surface area (Å²) in [7, 11) is 0. The number of rotatable bonds is 2.